The van der Waals surface area contributed by atoms with E-state index >= 15 is 0 Å². The number of rotatable bonds is 7. The van der Waals surface area contributed by atoms with Crippen molar-refractivity contribution in [2.75, 3.05) is 6.16 Å². The van der Waals surface area contributed by atoms with Gasteiger partial charge in [-0.2, -0.15) is 0 Å². The highest BCUT2D eigenvalue weighted by molar-refractivity contribution is 7.67. The van der Waals surface area contributed by atoms with Gasteiger partial charge in [0.25, 0.3) is 0 Å². The Hall–Kier alpha value is -0.630. The van der Waals surface area contributed by atoms with Crippen molar-refractivity contribution in [2.24, 2.45) is 5.92 Å². The second-order valence-electron chi connectivity index (χ2n) is 6.05. The van der Waals surface area contributed by atoms with Crippen LogP contribution in [0.5, 0.6) is 0 Å². The molecule has 20 heavy (non-hydrogen) atoms. The Morgan fingerprint density at radius 2 is 2.05 bits per heavy atom. The first kappa shape index (κ1) is 15.8. The van der Waals surface area contributed by atoms with Gasteiger partial charge in [0.2, 0.25) is 7.37 Å². The molecule has 1 saturated carbocycles. The van der Waals surface area contributed by atoms with Gasteiger partial charge in [0, 0.05) is 11.5 Å². The Bertz CT molecular complexity index is 486. The van der Waals surface area contributed by atoms with Gasteiger partial charge in [-0.15, -0.1) is 0 Å². The summed E-state index contributed by atoms with van der Waals surface area (Å²) in [6, 6.07) is 9.39. The van der Waals surface area contributed by atoms with Gasteiger partial charge in [-0.05, 0) is 44.7 Å². The SMILES string of the molecule is CC[C@@H]1C[C@]1(O)CCP(=O)(OC(C)C)c1ccccc1. The molecule has 1 aliphatic carbocycles. The third kappa shape index (κ3) is 3.52. The first-order valence-electron chi connectivity index (χ1n) is 7.45. The predicted octanol–water partition coefficient (Wildman–Crippen LogP) is 3.57. The van der Waals surface area contributed by atoms with E-state index in [1.165, 1.54) is 0 Å². The molecule has 1 fully saturated rings. The van der Waals surface area contributed by atoms with Gasteiger partial charge < -0.3 is 9.63 Å². The Kier molecular flexibility index (Phi) is 4.73. The molecule has 1 unspecified atom stereocenters. The molecule has 2 rings (SSSR count). The molecular formula is C16H25O3P. The summed E-state index contributed by atoms with van der Waals surface area (Å²) in [6.07, 6.45) is 2.71. The van der Waals surface area contributed by atoms with Gasteiger partial charge in [0.05, 0.1) is 11.7 Å². The summed E-state index contributed by atoms with van der Waals surface area (Å²) in [7, 11) is -2.88. The van der Waals surface area contributed by atoms with Crippen LogP contribution in [0.15, 0.2) is 30.3 Å². The minimum absolute atomic E-state index is 0.0862. The van der Waals surface area contributed by atoms with Crippen LogP contribution in [0, 0.1) is 5.92 Å². The van der Waals surface area contributed by atoms with E-state index in [4.69, 9.17) is 4.52 Å². The van der Waals surface area contributed by atoms with Crippen molar-refractivity contribution in [1.29, 1.82) is 0 Å². The molecule has 1 N–H and O–H groups in total. The van der Waals surface area contributed by atoms with Gasteiger partial charge >= 0.3 is 0 Å². The molecule has 0 aromatic heterocycles. The number of benzene rings is 1. The molecule has 0 amide bonds. The first-order valence-corrected chi connectivity index (χ1v) is 9.26. The van der Waals surface area contributed by atoms with E-state index in [-0.39, 0.29) is 6.10 Å². The van der Waals surface area contributed by atoms with Crippen LogP contribution in [0.3, 0.4) is 0 Å². The molecule has 1 aromatic carbocycles. The predicted molar refractivity (Wildman–Crippen MR) is 82.7 cm³/mol. The second kappa shape index (κ2) is 6.01. The largest absolute Gasteiger partial charge is 0.390 e. The summed E-state index contributed by atoms with van der Waals surface area (Å²) in [5.74, 6) is 0.366. The highest BCUT2D eigenvalue weighted by atomic mass is 31.2. The number of hydrogen-bond donors (Lipinski definition) is 1. The van der Waals surface area contributed by atoms with Crippen molar-refractivity contribution in [3.05, 3.63) is 30.3 Å². The molecule has 0 heterocycles. The van der Waals surface area contributed by atoms with Crippen LogP contribution in [-0.2, 0) is 9.09 Å². The molecule has 3 atom stereocenters. The molecule has 4 heteroatoms. The van der Waals surface area contributed by atoms with Crippen LogP contribution in [-0.4, -0.2) is 23.0 Å². The summed E-state index contributed by atoms with van der Waals surface area (Å²) < 4.78 is 18.9. The monoisotopic (exact) mass is 296 g/mol. The van der Waals surface area contributed by atoms with Crippen molar-refractivity contribution in [2.45, 2.75) is 51.7 Å². The summed E-state index contributed by atoms with van der Waals surface area (Å²) in [6.45, 7) is 5.89. The highest BCUT2D eigenvalue weighted by Crippen LogP contribution is 2.54. The Morgan fingerprint density at radius 3 is 2.55 bits per heavy atom. The molecule has 1 aliphatic rings. The van der Waals surface area contributed by atoms with E-state index in [1.807, 2.05) is 44.2 Å². The lowest BCUT2D eigenvalue weighted by Crippen LogP contribution is -2.19. The van der Waals surface area contributed by atoms with Crippen LogP contribution in [0.25, 0.3) is 0 Å². The number of aliphatic hydroxyl groups is 1. The zero-order valence-corrected chi connectivity index (χ0v) is 13.5. The molecule has 112 valence electrons. The standard InChI is InChI=1S/C16H25O3P/c1-4-14-12-16(14,17)10-11-20(18,19-13(2)3)15-8-6-5-7-9-15/h5-9,13-14,17H,4,10-12H2,1-3H3/t14-,16-,20?/m1/s1. The lowest BCUT2D eigenvalue weighted by molar-refractivity contribution is 0.125. The fraction of sp³-hybridized carbons (Fsp3) is 0.625. The summed E-state index contributed by atoms with van der Waals surface area (Å²) >= 11 is 0. The van der Waals surface area contributed by atoms with Crippen molar-refractivity contribution in [3.63, 3.8) is 0 Å². The maximum atomic E-state index is 13.2. The van der Waals surface area contributed by atoms with Crippen molar-refractivity contribution < 1.29 is 14.2 Å². The van der Waals surface area contributed by atoms with Crippen molar-refractivity contribution in [3.8, 4) is 0 Å². The van der Waals surface area contributed by atoms with E-state index in [0.717, 1.165) is 18.1 Å². The zero-order chi connectivity index (χ0) is 14.8. The molecule has 0 bridgehead atoms. The maximum absolute atomic E-state index is 13.2. The average molecular weight is 296 g/mol. The van der Waals surface area contributed by atoms with E-state index in [0.29, 0.717) is 18.5 Å². The van der Waals surface area contributed by atoms with E-state index in [1.54, 1.807) is 0 Å². The lowest BCUT2D eigenvalue weighted by atomic mass is 10.2. The lowest BCUT2D eigenvalue weighted by Gasteiger charge is -2.23. The van der Waals surface area contributed by atoms with Crippen LogP contribution in [0.4, 0.5) is 0 Å². The smallest absolute Gasteiger partial charge is 0.232 e. The maximum Gasteiger partial charge on any atom is 0.232 e. The van der Waals surface area contributed by atoms with Gasteiger partial charge in [0.15, 0.2) is 0 Å². The van der Waals surface area contributed by atoms with Gasteiger partial charge in [-0.3, -0.25) is 4.57 Å². The minimum Gasteiger partial charge on any atom is -0.390 e. The molecule has 1 aromatic rings. The summed E-state index contributed by atoms with van der Waals surface area (Å²) in [5, 5.41) is 11.1. The Labute approximate surface area is 121 Å². The van der Waals surface area contributed by atoms with Gasteiger partial charge in [0.1, 0.15) is 0 Å². The fourth-order valence-corrected chi connectivity index (χ4v) is 5.25. The Morgan fingerprint density at radius 1 is 1.40 bits per heavy atom. The molecule has 0 spiro atoms. The van der Waals surface area contributed by atoms with Crippen molar-refractivity contribution in [1.82, 2.24) is 0 Å². The third-order valence-electron chi connectivity index (χ3n) is 4.06. The van der Waals surface area contributed by atoms with E-state index in [2.05, 4.69) is 6.92 Å². The van der Waals surface area contributed by atoms with Gasteiger partial charge in [-0.25, -0.2) is 0 Å². The summed E-state index contributed by atoms with van der Waals surface area (Å²) in [5.41, 5.74) is -0.612. The highest BCUT2D eigenvalue weighted by Gasteiger charge is 2.52. The van der Waals surface area contributed by atoms with Crippen LogP contribution in [0.2, 0.25) is 0 Å². The number of hydrogen-bond acceptors (Lipinski definition) is 3. The normalized spacial score (nSPS) is 28.4. The molecule has 0 saturated heterocycles. The molecular weight excluding hydrogens is 271 g/mol. The van der Waals surface area contributed by atoms with Crippen molar-refractivity contribution >= 4 is 12.7 Å². The fourth-order valence-electron chi connectivity index (χ4n) is 2.78. The minimum atomic E-state index is -2.88. The third-order valence-corrected chi connectivity index (χ3v) is 6.72. The van der Waals surface area contributed by atoms with E-state index in [9.17, 15) is 9.67 Å². The van der Waals surface area contributed by atoms with Crippen LogP contribution >= 0.6 is 7.37 Å². The topological polar surface area (TPSA) is 46.5 Å². The zero-order valence-electron chi connectivity index (χ0n) is 12.6. The van der Waals surface area contributed by atoms with Crippen LogP contribution < -0.4 is 5.30 Å². The average Bonchev–Trinajstić information content (AvgIpc) is 3.09. The quantitative estimate of drug-likeness (QED) is 0.782. The Balaban J connectivity index is 2.10. The summed E-state index contributed by atoms with van der Waals surface area (Å²) in [4.78, 5) is 0. The second-order valence-corrected chi connectivity index (χ2v) is 8.57. The molecule has 0 radical (unpaired) electrons. The first-order chi connectivity index (χ1) is 9.39. The van der Waals surface area contributed by atoms with Crippen LogP contribution in [0.1, 0.15) is 40.0 Å². The van der Waals surface area contributed by atoms with Gasteiger partial charge in [-0.1, -0.05) is 31.5 Å². The molecule has 0 aliphatic heterocycles. The van der Waals surface area contributed by atoms with E-state index < -0.39 is 13.0 Å². The molecule has 3 nitrogen and oxygen atoms in total.